The maximum Gasteiger partial charge on any atom is 0.409 e. The predicted molar refractivity (Wildman–Crippen MR) is 105 cm³/mol. The summed E-state index contributed by atoms with van der Waals surface area (Å²) in [6, 6.07) is 11.5. The molecule has 1 fully saturated rings. The summed E-state index contributed by atoms with van der Waals surface area (Å²) in [4.78, 5) is 30.1. The van der Waals surface area contributed by atoms with Gasteiger partial charge in [-0.3, -0.25) is 4.79 Å². The van der Waals surface area contributed by atoms with E-state index in [0.29, 0.717) is 50.8 Å². The van der Waals surface area contributed by atoms with Gasteiger partial charge in [0.2, 0.25) is 0 Å². The number of amides is 2. The Balaban J connectivity index is 1.40. The number of carbonyl (C=O) groups is 2. The normalized spacial score (nSPS) is 16.1. The minimum atomic E-state index is -0.278. The van der Waals surface area contributed by atoms with Crippen LogP contribution in [0, 0.1) is 0 Å². The van der Waals surface area contributed by atoms with Gasteiger partial charge in [0.05, 0.1) is 6.61 Å². The van der Waals surface area contributed by atoms with Crippen molar-refractivity contribution in [1.29, 1.82) is 0 Å². The van der Waals surface area contributed by atoms with E-state index in [9.17, 15) is 9.59 Å². The minimum absolute atomic E-state index is 0.129. The molecule has 8 nitrogen and oxygen atoms in total. The fourth-order valence-electron chi connectivity index (χ4n) is 3.63. The second-order valence-electron chi connectivity index (χ2n) is 6.79. The van der Waals surface area contributed by atoms with Crippen LogP contribution in [0.2, 0.25) is 0 Å². The van der Waals surface area contributed by atoms with Crippen LogP contribution in [-0.4, -0.2) is 66.4 Å². The Kier molecular flexibility index (Phi) is 5.10. The number of hydrogen-bond donors (Lipinski definition) is 0. The predicted octanol–water partition coefficient (Wildman–Crippen LogP) is 1.96. The largest absolute Gasteiger partial charge is 0.450 e. The van der Waals surface area contributed by atoms with Gasteiger partial charge in [0, 0.05) is 38.4 Å². The zero-order valence-electron chi connectivity index (χ0n) is 15.9. The number of fused-ring (bicyclic) bond motifs is 1. The lowest BCUT2D eigenvalue weighted by Gasteiger charge is -2.34. The number of aromatic nitrogens is 2. The Morgan fingerprint density at radius 2 is 1.79 bits per heavy atom. The molecule has 2 aliphatic heterocycles. The summed E-state index contributed by atoms with van der Waals surface area (Å²) in [5.74, 6) is 0.581. The molecule has 28 heavy (non-hydrogen) atoms. The fourth-order valence-corrected chi connectivity index (χ4v) is 3.63. The summed E-state index contributed by atoms with van der Waals surface area (Å²) in [5, 5.41) is 8.42. The van der Waals surface area contributed by atoms with Gasteiger partial charge in [-0.25, -0.2) is 4.79 Å². The number of nitrogens with zero attached hydrogens (tertiary/aromatic N) is 5. The van der Waals surface area contributed by atoms with Crippen LogP contribution in [0.1, 0.15) is 23.0 Å². The van der Waals surface area contributed by atoms with Gasteiger partial charge in [-0.05, 0) is 37.1 Å². The number of benzene rings is 1. The molecule has 2 amide bonds. The standard InChI is InChI=1S/C20H23N5O3/c1-2-28-20(27)24-13-11-23(12-14-24)18-8-7-16(21-22-18)19(26)25-10-9-15-5-3-4-6-17(15)25/h3-8H,2,9-14H2,1H3. The number of hydrogen-bond acceptors (Lipinski definition) is 6. The Hall–Kier alpha value is -3.16. The quantitative estimate of drug-likeness (QED) is 0.809. The van der Waals surface area contributed by atoms with Crippen LogP contribution in [-0.2, 0) is 11.2 Å². The van der Waals surface area contributed by atoms with E-state index in [4.69, 9.17) is 4.74 Å². The smallest absolute Gasteiger partial charge is 0.409 e. The summed E-state index contributed by atoms with van der Waals surface area (Å²) < 4.78 is 5.04. The van der Waals surface area contributed by atoms with Gasteiger partial charge in [0.15, 0.2) is 11.5 Å². The zero-order valence-corrected chi connectivity index (χ0v) is 15.9. The van der Waals surface area contributed by atoms with Crippen LogP contribution in [0.25, 0.3) is 0 Å². The van der Waals surface area contributed by atoms with Crippen LogP contribution in [0.3, 0.4) is 0 Å². The third-order valence-electron chi connectivity index (χ3n) is 5.13. The van der Waals surface area contributed by atoms with Gasteiger partial charge in [-0.1, -0.05) is 18.2 Å². The first-order chi connectivity index (χ1) is 13.7. The Labute approximate surface area is 163 Å². The first kappa shape index (κ1) is 18.2. The van der Waals surface area contributed by atoms with Crippen molar-refractivity contribution >= 4 is 23.5 Å². The lowest BCUT2D eigenvalue weighted by Crippen LogP contribution is -2.49. The van der Waals surface area contributed by atoms with E-state index < -0.39 is 0 Å². The minimum Gasteiger partial charge on any atom is -0.450 e. The highest BCUT2D eigenvalue weighted by molar-refractivity contribution is 6.06. The van der Waals surface area contributed by atoms with Crippen molar-refractivity contribution in [2.45, 2.75) is 13.3 Å². The van der Waals surface area contributed by atoms with Gasteiger partial charge in [0.25, 0.3) is 5.91 Å². The third kappa shape index (κ3) is 3.49. The van der Waals surface area contributed by atoms with Crippen molar-refractivity contribution < 1.29 is 14.3 Å². The van der Waals surface area contributed by atoms with Crippen LogP contribution >= 0.6 is 0 Å². The monoisotopic (exact) mass is 381 g/mol. The van der Waals surface area contributed by atoms with Crippen molar-refractivity contribution in [3.63, 3.8) is 0 Å². The Morgan fingerprint density at radius 3 is 2.50 bits per heavy atom. The Bertz CT molecular complexity index is 862. The highest BCUT2D eigenvalue weighted by Gasteiger charge is 2.27. The molecule has 146 valence electrons. The molecular weight excluding hydrogens is 358 g/mol. The molecule has 8 heteroatoms. The molecule has 1 aromatic heterocycles. The lowest BCUT2D eigenvalue weighted by atomic mass is 10.2. The number of rotatable bonds is 3. The molecule has 1 saturated heterocycles. The first-order valence-electron chi connectivity index (χ1n) is 9.57. The molecule has 0 aliphatic carbocycles. The number of carbonyl (C=O) groups excluding carboxylic acids is 2. The van der Waals surface area contributed by atoms with E-state index in [-0.39, 0.29) is 12.0 Å². The van der Waals surface area contributed by atoms with Crippen molar-refractivity contribution in [2.24, 2.45) is 0 Å². The van der Waals surface area contributed by atoms with E-state index in [0.717, 1.165) is 12.1 Å². The molecule has 1 aromatic carbocycles. The van der Waals surface area contributed by atoms with E-state index in [1.54, 1.807) is 22.8 Å². The Morgan fingerprint density at radius 1 is 1.00 bits per heavy atom. The topological polar surface area (TPSA) is 78.9 Å². The van der Waals surface area contributed by atoms with E-state index >= 15 is 0 Å². The molecule has 3 heterocycles. The second-order valence-corrected chi connectivity index (χ2v) is 6.79. The average Bonchev–Trinajstić information content (AvgIpc) is 3.18. The molecule has 0 spiro atoms. The SMILES string of the molecule is CCOC(=O)N1CCN(c2ccc(C(=O)N3CCc4ccccc43)nn2)CC1. The third-order valence-corrected chi connectivity index (χ3v) is 5.13. The summed E-state index contributed by atoms with van der Waals surface area (Å²) in [7, 11) is 0. The number of para-hydroxylation sites is 1. The molecule has 2 aliphatic rings. The van der Waals surface area contributed by atoms with Crippen LogP contribution < -0.4 is 9.80 Å². The van der Waals surface area contributed by atoms with Gasteiger partial charge in [-0.2, -0.15) is 0 Å². The molecule has 0 unspecified atom stereocenters. The average molecular weight is 381 g/mol. The van der Waals surface area contributed by atoms with Gasteiger partial charge >= 0.3 is 6.09 Å². The summed E-state index contributed by atoms with van der Waals surface area (Å²) >= 11 is 0. The van der Waals surface area contributed by atoms with Gasteiger partial charge < -0.3 is 19.4 Å². The highest BCUT2D eigenvalue weighted by Crippen LogP contribution is 2.28. The number of ether oxygens (including phenoxy) is 1. The molecular formula is C20H23N5O3. The van der Waals surface area contributed by atoms with Crippen LogP contribution in [0.5, 0.6) is 0 Å². The molecule has 0 radical (unpaired) electrons. The summed E-state index contributed by atoms with van der Waals surface area (Å²) in [5.41, 5.74) is 2.47. The van der Waals surface area contributed by atoms with Crippen molar-refractivity contribution in [3.8, 4) is 0 Å². The molecule has 0 N–H and O–H groups in total. The molecule has 4 rings (SSSR count). The molecule has 2 aromatic rings. The van der Waals surface area contributed by atoms with Gasteiger partial charge in [-0.15, -0.1) is 10.2 Å². The summed E-state index contributed by atoms with van der Waals surface area (Å²) in [6.07, 6.45) is 0.582. The van der Waals surface area contributed by atoms with Crippen molar-refractivity contribution in [2.75, 3.05) is 49.1 Å². The first-order valence-corrected chi connectivity index (χ1v) is 9.57. The van der Waals surface area contributed by atoms with E-state index in [2.05, 4.69) is 15.1 Å². The highest BCUT2D eigenvalue weighted by atomic mass is 16.6. The van der Waals surface area contributed by atoms with Crippen LogP contribution in [0.15, 0.2) is 36.4 Å². The van der Waals surface area contributed by atoms with Crippen molar-refractivity contribution in [3.05, 3.63) is 47.7 Å². The molecule has 0 saturated carbocycles. The number of anilines is 2. The van der Waals surface area contributed by atoms with Gasteiger partial charge in [0.1, 0.15) is 0 Å². The van der Waals surface area contributed by atoms with Crippen molar-refractivity contribution in [1.82, 2.24) is 15.1 Å². The second kappa shape index (κ2) is 7.84. The molecule has 0 bridgehead atoms. The number of piperazine rings is 1. The van der Waals surface area contributed by atoms with E-state index in [1.165, 1.54) is 5.56 Å². The van der Waals surface area contributed by atoms with Crippen LogP contribution in [0.4, 0.5) is 16.3 Å². The maximum absolute atomic E-state index is 12.8. The fraction of sp³-hybridized carbons (Fsp3) is 0.400. The van der Waals surface area contributed by atoms with E-state index in [1.807, 2.05) is 30.3 Å². The maximum atomic E-state index is 12.8. The zero-order chi connectivity index (χ0) is 19.5. The lowest BCUT2D eigenvalue weighted by molar-refractivity contribution is 0.0982. The summed E-state index contributed by atoms with van der Waals surface area (Å²) in [6.45, 7) is 5.30. The molecule has 0 atom stereocenters.